The van der Waals surface area contributed by atoms with Crippen molar-refractivity contribution in [2.24, 2.45) is 0 Å². The molecule has 0 bridgehead atoms. The van der Waals surface area contributed by atoms with Crippen LogP contribution in [0.5, 0.6) is 0 Å². The van der Waals surface area contributed by atoms with Gasteiger partial charge in [-0.15, -0.1) is 0 Å². The SMILES string of the molecule is c1ccc(-c2nc(-n3c4ccccc4c4ccc(-c5ccc(-c6cc7c(c8ccccc68)c6ccccc6n7-c6ccccc6)c6ccccc56)cc43)nc3ccccc23)cc1. The molecule has 3 aromatic heterocycles. The first kappa shape index (κ1) is 34.5. The van der Waals surface area contributed by atoms with Gasteiger partial charge in [0.25, 0.3) is 0 Å². The summed E-state index contributed by atoms with van der Waals surface area (Å²) >= 11 is 0. The lowest BCUT2D eigenvalue weighted by Crippen LogP contribution is -2.03. The van der Waals surface area contributed by atoms with E-state index in [9.17, 15) is 0 Å². The fraction of sp³-hybridized carbons (Fsp3) is 0. The monoisotopic (exact) mass is 788 g/mol. The Hall–Kier alpha value is -8.34. The molecule has 0 amide bonds. The van der Waals surface area contributed by atoms with Crippen LogP contribution < -0.4 is 0 Å². The third-order valence-electron chi connectivity index (χ3n) is 12.7. The van der Waals surface area contributed by atoms with E-state index in [-0.39, 0.29) is 0 Å². The summed E-state index contributed by atoms with van der Waals surface area (Å²) in [5, 5.41) is 10.8. The molecular formula is C58H36N4. The average Bonchev–Trinajstić information content (AvgIpc) is 3.86. The summed E-state index contributed by atoms with van der Waals surface area (Å²) in [5.41, 5.74) is 13.3. The molecule has 0 aliphatic rings. The zero-order valence-corrected chi connectivity index (χ0v) is 33.6. The van der Waals surface area contributed by atoms with E-state index in [1.807, 2.05) is 6.07 Å². The van der Waals surface area contributed by atoms with Crippen LogP contribution >= 0.6 is 0 Å². The van der Waals surface area contributed by atoms with Crippen molar-refractivity contribution >= 4 is 76.1 Å². The Labute approximate surface area is 357 Å². The van der Waals surface area contributed by atoms with Crippen molar-refractivity contribution in [3.63, 3.8) is 0 Å². The minimum Gasteiger partial charge on any atom is -0.309 e. The number of nitrogens with zero attached hydrogens (tertiary/aromatic N) is 4. The Morgan fingerprint density at radius 1 is 0.290 bits per heavy atom. The largest absolute Gasteiger partial charge is 0.309 e. The molecule has 288 valence electrons. The van der Waals surface area contributed by atoms with E-state index in [2.05, 4.69) is 221 Å². The quantitative estimate of drug-likeness (QED) is 0.174. The molecule has 0 saturated carbocycles. The molecule has 13 aromatic rings. The van der Waals surface area contributed by atoms with E-state index < -0.39 is 0 Å². The van der Waals surface area contributed by atoms with E-state index in [4.69, 9.17) is 9.97 Å². The maximum Gasteiger partial charge on any atom is 0.235 e. The first-order valence-corrected chi connectivity index (χ1v) is 21.2. The van der Waals surface area contributed by atoms with E-state index >= 15 is 0 Å². The molecule has 0 fully saturated rings. The highest BCUT2D eigenvalue weighted by Crippen LogP contribution is 2.45. The first-order valence-electron chi connectivity index (χ1n) is 21.2. The summed E-state index contributed by atoms with van der Waals surface area (Å²) in [6.07, 6.45) is 0. The van der Waals surface area contributed by atoms with Crippen molar-refractivity contribution in [1.82, 2.24) is 19.1 Å². The summed E-state index contributed by atoms with van der Waals surface area (Å²) in [7, 11) is 0. The zero-order valence-electron chi connectivity index (χ0n) is 33.6. The van der Waals surface area contributed by atoms with Crippen molar-refractivity contribution in [3.05, 3.63) is 218 Å². The minimum absolute atomic E-state index is 0.654. The van der Waals surface area contributed by atoms with Crippen molar-refractivity contribution in [3.8, 4) is 45.1 Å². The summed E-state index contributed by atoms with van der Waals surface area (Å²) in [5.74, 6) is 0.654. The normalized spacial score (nSPS) is 11.9. The molecule has 4 nitrogen and oxygen atoms in total. The zero-order chi connectivity index (χ0) is 40.7. The second-order valence-electron chi connectivity index (χ2n) is 16.1. The van der Waals surface area contributed by atoms with Gasteiger partial charge in [0.15, 0.2) is 0 Å². The number of hydrogen-bond acceptors (Lipinski definition) is 2. The van der Waals surface area contributed by atoms with Crippen molar-refractivity contribution in [2.45, 2.75) is 0 Å². The maximum absolute atomic E-state index is 5.35. The highest BCUT2D eigenvalue weighted by molar-refractivity contribution is 6.25. The van der Waals surface area contributed by atoms with Crippen molar-refractivity contribution < 1.29 is 0 Å². The standard InChI is InChI=1S/C58H36N4/c1-3-17-37(18-4-1)57-48-26-11-14-28-51(48)59-58(60-57)62-52-29-15-12-24-45(52)46-32-31-38(35-54(46)62)40-33-34-44(42-22-8-7-21-41(40)42)50-36-55-56(47-25-10-9-23-43(47)50)49-27-13-16-30-53(49)61(55)39-19-5-2-6-20-39/h1-36H. The second-order valence-corrected chi connectivity index (χ2v) is 16.1. The van der Waals surface area contributed by atoms with Crippen LogP contribution in [0.4, 0.5) is 0 Å². The highest BCUT2D eigenvalue weighted by Gasteiger charge is 2.21. The third kappa shape index (κ3) is 5.14. The Bertz CT molecular complexity index is 3920. The van der Waals surface area contributed by atoms with Crippen LogP contribution in [0.25, 0.3) is 121 Å². The average molecular weight is 789 g/mol. The second kappa shape index (κ2) is 13.6. The number of benzene rings is 10. The molecule has 0 radical (unpaired) electrons. The summed E-state index contributed by atoms with van der Waals surface area (Å²) in [4.78, 5) is 10.6. The van der Waals surface area contributed by atoms with Crippen LogP contribution in [0.3, 0.4) is 0 Å². The van der Waals surface area contributed by atoms with Crippen molar-refractivity contribution in [1.29, 1.82) is 0 Å². The molecule has 0 aliphatic heterocycles. The lowest BCUT2D eigenvalue weighted by molar-refractivity contribution is 1.01. The van der Waals surface area contributed by atoms with Gasteiger partial charge in [-0.05, 0) is 86.3 Å². The number of aromatic nitrogens is 4. The summed E-state index contributed by atoms with van der Waals surface area (Å²) < 4.78 is 4.67. The number of rotatable bonds is 5. The molecule has 3 heterocycles. The molecule has 4 heteroatoms. The van der Waals surface area contributed by atoms with Crippen molar-refractivity contribution in [2.75, 3.05) is 0 Å². The lowest BCUT2D eigenvalue weighted by atomic mass is 9.89. The van der Waals surface area contributed by atoms with Crippen LogP contribution in [-0.4, -0.2) is 19.1 Å². The number of fused-ring (bicyclic) bond motifs is 10. The Morgan fingerprint density at radius 3 is 1.60 bits per heavy atom. The van der Waals surface area contributed by atoms with E-state index in [1.54, 1.807) is 0 Å². The lowest BCUT2D eigenvalue weighted by Gasteiger charge is -2.16. The Morgan fingerprint density at radius 2 is 0.839 bits per heavy atom. The molecular weight excluding hydrogens is 753 g/mol. The van der Waals surface area contributed by atoms with Crippen LogP contribution in [0.15, 0.2) is 218 Å². The predicted molar refractivity (Wildman–Crippen MR) is 260 cm³/mol. The molecule has 0 spiro atoms. The number of para-hydroxylation sites is 4. The molecule has 62 heavy (non-hydrogen) atoms. The molecule has 0 unspecified atom stereocenters. The van der Waals surface area contributed by atoms with E-state index in [0.29, 0.717) is 5.95 Å². The molecule has 10 aromatic carbocycles. The van der Waals surface area contributed by atoms with Gasteiger partial charge in [-0.2, -0.15) is 0 Å². The van der Waals surface area contributed by atoms with Gasteiger partial charge >= 0.3 is 0 Å². The molecule has 0 aliphatic carbocycles. The molecule has 0 N–H and O–H groups in total. The fourth-order valence-corrected chi connectivity index (χ4v) is 10.0. The smallest absolute Gasteiger partial charge is 0.235 e. The third-order valence-corrected chi connectivity index (χ3v) is 12.7. The summed E-state index contributed by atoms with van der Waals surface area (Å²) in [6.45, 7) is 0. The van der Waals surface area contributed by atoms with Gasteiger partial charge in [-0.1, -0.05) is 176 Å². The van der Waals surface area contributed by atoms with Gasteiger partial charge in [-0.25, -0.2) is 9.97 Å². The van der Waals surface area contributed by atoms with E-state index in [0.717, 1.165) is 49.8 Å². The molecule has 0 saturated heterocycles. The first-order chi connectivity index (χ1) is 30.8. The Kier molecular flexibility index (Phi) is 7.57. The molecule has 0 atom stereocenters. The predicted octanol–water partition coefficient (Wildman–Crippen LogP) is 15.1. The van der Waals surface area contributed by atoms with Crippen LogP contribution in [-0.2, 0) is 0 Å². The van der Waals surface area contributed by atoms with Crippen LogP contribution in [0, 0.1) is 0 Å². The van der Waals surface area contributed by atoms with Gasteiger partial charge in [-0.3, -0.25) is 4.57 Å². The van der Waals surface area contributed by atoms with Gasteiger partial charge in [0.05, 0.1) is 33.3 Å². The minimum atomic E-state index is 0.654. The Balaban J connectivity index is 1.04. The van der Waals surface area contributed by atoms with Gasteiger partial charge in [0.1, 0.15) is 0 Å². The van der Waals surface area contributed by atoms with Gasteiger partial charge < -0.3 is 4.57 Å². The maximum atomic E-state index is 5.35. The fourth-order valence-electron chi connectivity index (χ4n) is 10.0. The highest BCUT2D eigenvalue weighted by atomic mass is 15.2. The van der Waals surface area contributed by atoms with Crippen LogP contribution in [0.2, 0.25) is 0 Å². The van der Waals surface area contributed by atoms with Gasteiger partial charge in [0.2, 0.25) is 5.95 Å². The molecule has 13 rings (SSSR count). The van der Waals surface area contributed by atoms with Crippen LogP contribution in [0.1, 0.15) is 0 Å². The topological polar surface area (TPSA) is 35.6 Å². The number of hydrogen-bond donors (Lipinski definition) is 0. The van der Waals surface area contributed by atoms with Gasteiger partial charge in [0, 0.05) is 38.2 Å². The summed E-state index contributed by atoms with van der Waals surface area (Å²) in [6, 6.07) is 78.6. The van der Waals surface area contributed by atoms with E-state index in [1.165, 1.54) is 65.4 Å².